The highest BCUT2D eigenvalue weighted by atomic mass is 16.5. The van der Waals surface area contributed by atoms with E-state index in [0.717, 1.165) is 41.4 Å². The predicted molar refractivity (Wildman–Crippen MR) is 112 cm³/mol. The monoisotopic (exact) mass is 421 g/mol. The van der Waals surface area contributed by atoms with E-state index in [2.05, 4.69) is 31.1 Å². The van der Waals surface area contributed by atoms with Crippen molar-refractivity contribution < 1.29 is 18.7 Å². The maximum absolute atomic E-state index is 6.05. The second-order valence-corrected chi connectivity index (χ2v) is 7.55. The van der Waals surface area contributed by atoms with Crippen LogP contribution in [0.5, 0.6) is 11.5 Å². The first-order valence-corrected chi connectivity index (χ1v) is 10.1. The number of hydrogen-bond acceptors (Lipinski definition) is 9. The van der Waals surface area contributed by atoms with E-state index in [4.69, 9.17) is 18.7 Å². The molecule has 0 bridgehead atoms. The number of benzene rings is 1. The van der Waals surface area contributed by atoms with Crippen LogP contribution >= 0.6 is 0 Å². The van der Waals surface area contributed by atoms with E-state index in [0.29, 0.717) is 31.5 Å². The normalized spacial score (nSPS) is 18.8. The lowest BCUT2D eigenvalue weighted by molar-refractivity contribution is -0.0292. The highest BCUT2D eigenvalue weighted by Gasteiger charge is 2.28. The zero-order chi connectivity index (χ0) is 21.2. The standard InChI is InChI=1S/C22H23N5O4/c1-14-25-22(26-31-14)18-9-23-13-24-21(18)20-11-27(5-6-29-20)10-15-7-16-8-17(28-2)3-4-19(16)30-12-15/h3-4,7-9,13,20H,5-6,10-12H2,1-2H3/t20-/m1/s1. The van der Waals surface area contributed by atoms with Gasteiger partial charge in [0.1, 0.15) is 30.5 Å². The second kappa shape index (κ2) is 8.44. The molecule has 1 aromatic carbocycles. The lowest BCUT2D eigenvalue weighted by Gasteiger charge is -2.34. The van der Waals surface area contributed by atoms with Gasteiger partial charge in [0.05, 0.1) is 25.0 Å². The SMILES string of the molecule is COc1ccc2c(c1)C=C(CN1CCO[C@@H](c3ncncc3-c3noc(C)n3)C1)CO2. The molecule has 0 radical (unpaired) electrons. The van der Waals surface area contributed by atoms with E-state index in [9.17, 15) is 0 Å². The Balaban J connectivity index is 1.33. The molecule has 9 nitrogen and oxygen atoms in total. The Bertz CT molecular complexity index is 1110. The summed E-state index contributed by atoms with van der Waals surface area (Å²) < 4.78 is 22.5. The molecule has 4 heterocycles. The van der Waals surface area contributed by atoms with Gasteiger partial charge >= 0.3 is 0 Å². The van der Waals surface area contributed by atoms with Gasteiger partial charge in [0.25, 0.3) is 0 Å². The molecule has 0 spiro atoms. The van der Waals surface area contributed by atoms with Gasteiger partial charge in [-0.15, -0.1) is 0 Å². The molecule has 9 heteroatoms. The van der Waals surface area contributed by atoms with Gasteiger partial charge in [0.15, 0.2) is 0 Å². The van der Waals surface area contributed by atoms with Crippen molar-refractivity contribution in [1.82, 2.24) is 25.0 Å². The first-order chi connectivity index (χ1) is 15.2. The van der Waals surface area contributed by atoms with Crippen molar-refractivity contribution in [1.29, 1.82) is 0 Å². The Morgan fingerprint density at radius 2 is 2.23 bits per heavy atom. The van der Waals surface area contributed by atoms with Crippen LogP contribution in [0.3, 0.4) is 0 Å². The first-order valence-electron chi connectivity index (χ1n) is 10.1. The van der Waals surface area contributed by atoms with Crippen molar-refractivity contribution in [3.8, 4) is 22.9 Å². The number of aromatic nitrogens is 4. The molecule has 0 saturated carbocycles. The Morgan fingerprint density at radius 1 is 1.29 bits per heavy atom. The molecule has 160 valence electrons. The van der Waals surface area contributed by atoms with E-state index < -0.39 is 0 Å². The van der Waals surface area contributed by atoms with Gasteiger partial charge in [-0.2, -0.15) is 4.98 Å². The number of ether oxygens (including phenoxy) is 3. The summed E-state index contributed by atoms with van der Waals surface area (Å²) in [5, 5.41) is 4.02. The van der Waals surface area contributed by atoms with Crippen LogP contribution < -0.4 is 9.47 Å². The van der Waals surface area contributed by atoms with E-state index in [1.807, 2.05) is 18.2 Å². The summed E-state index contributed by atoms with van der Waals surface area (Å²) in [6.07, 6.45) is 5.21. The minimum Gasteiger partial charge on any atom is -0.497 e. The van der Waals surface area contributed by atoms with Crippen molar-refractivity contribution in [3.05, 3.63) is 53.4 Å². The summed E-state index contributed by atoms with van der Waals surface area (Å²) in [4.78, 5) is 15.3. The lowest BCUT2D eigenvalue weighted by atomic mass is 10.1. The zero-order valence-corrected chi connectivity index (χ0v) is 17.4. The van der Waals surface area contributed by atoms with Crippen LogP contribution in [-0.2, 0) is 4.74 Å². The Kier molecular flexibility index (Phi) is 5.35. The highest BCUT2D eigenvalue weighted by Crippen LogP contribution is 2.32. The van der Waals surface area contributed by atoms with Gasteiger partial charge in [-0.3, -0.25) is 4.90 Å². The number of nitrogens with zero attached hydrogens (tertiary/aromatic N) is 5. The smallest absolute Gasteiger partial charge is 0.223 e. The second-order valence-electron chi connectivity index (χ2n) is 7.55. The Morgan fingerprint density at radius 3 is 3.06 bits per heavy atom. The largest absolute Gasteiger partial charge is 0.497 e. The zero-order valence-electron chi connectivity index (χ0n) is 17.4. The molecule has 0 N–H and O–H groups in total. The summed E-state index contributed by atoms with van der Waals surface area (Å²) in [7, 11) is 1.67. The third-order valence-corrected chi connectivity index (χ3v) is 5.38. The Hall–Kier alpha value is -3.30. The predicted octanol–water partition coefficient (Wildman–Crippen LogP) is 2.69. The number of aryl methyl sites for hydroxylation is 1. The van der Waals surface area contributed by atoms with Gasteiger partial charge < -0.3 is 18.7 Å². The fourth-order valence-electron chi connectivity index (χ4n) is 3.90. The lowest BCUT2D eigenvalue weighted by Crippen LogP contribution is -2.40. The van der Waals surface area contributed by atoms with Gasteiger partial charge in [-0.25, -0.2) is 9.97 Å². The molecule has 0 aliphatic carbocycles. The number of methoxy groups -OCH3 is 1. The van der Waals surface area contributed by atoms with E-state index in [1.54, 1.807) is 20.2 Å². The van der Waals surface area contributed by atoms with Gasteiger partial charge in [-0.1, -0.05) is 5.16 Å². The van der Waals surface area contributed by atoms with Crippen LogP contribution in [0.25, 0.3) is 17.5 Å². The first kappa shape index (κ1) is 19.7. The Labute approximate surface area is 179 Å². The summed E-state index contributed by atoms with van der Waals surface area (Å²) in [5.74, 6) is 2.67. The van der Waals surface area contributed by atoms with E-state index in [-0.39, 0.29) is 6.10 Å². The van der Waals surface area contributed by atoms with Gasteiger partial charge in [0, 0.05) is 38.3 Å². The molecule has 3 aromatic rings. The van der Waals surface area contributed by atoms with Crippen LogP contribution in [0, 0.1) is 6.92 Å². The van der Waals surface area contributed by atoms with Gasteiger partial charge in [0.2, 0.25) is 11.7 Å². The number of hydrogen-bond donors (Lipinski definition) is 0. The van der Waals surface area contributed by atoms with E-state index in [1.165, 1.54) is 11.9 Å². The van der Waals surface area contributed by atoms with Crippen molar-refractivity contribution in [2.45, 2.75) is 13.0 Å². The summed E-state index contributed by atoms with van der Waals surface area (Å²) in [6.45, 7) is 5.26. The molecule has 31 heavy (non-hydrogen) atoms. The molecule has 2 aliphatic heterocycles. The highest BCUT2D eigenvalue weighted by molar-refractivity contribution is 5.64. The van der Waals surface area contributed by atoms with Gasteiger partial charge in [-0.05, 0) is 29.8 Å². The molecule has 5 rings (SSSR count). The molecule has 1 fully saturated rings. The molecular weight excluding hydrogens is 398 g/mol. The molecular formula is C22H23N5O4. The summed E-state index contributed by atoms with van der Waals surface area (Å²) in [5.41, 5.74) is 3.74. The van der Waals surface area contributed by atoms with Crippen molar-refractivity contribution in [2.75, 3.05) is 40.0 Å². The maximum Gasteiger partial charge on any atom is 0.223 e. The molecule has 0 amide bonds. The van der Waals surface area contributed by atoms with Crippen LogP contribution in [0.4, 0.5) is 0 Å². The summed E-state index contributed by atoms with van der Waals surface area (Å²) in [6, 6.07) is 5.86. The molecule has 2 aromatic heterocycles. The van der Waals surface area contributed by atoms with Crippen molar-refractivity contribution in [3.63, 3.8) is 0 Å². The van der Waals surface area contributed by atoms with Crippen LogP contribution in [0.15, 0.2) is 40.8 Å². The molecule has 0 unspecified atom stereocenters. The third-order valence-electron chi connectivity index (χ3n) is 5.38. The summed E-state index contributed by atoms with van der Waals surface area (Å²) >= 11 is 0. The molecule has 1 saturated heterocycles. The minimum absolute atomic E-state index is 0.206. The number of fused-ring (bicyclic) bond motifs is 1. The van der Waals surface area contributed by atoms with Crippen molar-refractivity contribution in [2.24, 2.45) is 0 Å². The molecule has 2 aliphatic rings. The van der Waals surface area contributed by atoms with Crippen molar-refractivity contribution >= 4 is 6.08 Å². The molecule has 1 atom stereocenters. The number of morpholine rings is 1. The third kappa shape index (κ3) is 4.14. The topological polar surface area (TPSA) is 95.6 Å². The quantitative estimate of drug-likeness (QED) is 0.616. The minimum atomic E-state index is -0.206. The fourth-order valence-corrected chi connectivity index (χ4v) is 3.90. The maximum atomic E-state index is 6.05. The average Bonchev–Trinajstić information content (AvgIpc) is 3.25. The van der Waals surface area contributed by atoms with Crippen LogP contribution in [0.2, 0.25) is 0 Å². The fraction of sp³-hybridized carbons (Fsp3) is 0.364. The number of rotatable bonds is 5. The van der Waals surface area contributed by atoms with Crippen LogP contribution in [0.1, 0.15) is 23.3 Å². The van der Waals surface area contributed by atoms with Crippen LogP contribution in [-0.4, -0.2) is 65.0 Å². The average molecular weight is 421 g/mol. The van der Waals surface area contributed by atoms with E-state index >= 15 is 0 Å².